The van der Waals surface area contributed by atoms with Gasteiger partial charge in [-0.2, -0.15) is 0 Å². The van der Waals surface area contributed by atoms with Crippen molar-refractivity contribution in [3.63, 3.8) is 0 Å². The standard InChI is InChI=1S/C10H14N2O2/c1-2-9-8(7-11-14-9)10(13)12-5-3-4-6-12/h7H,2-6H2,1H3. The fourth-order valence-corrected chi connectivity index (χ4v) is 1.78. The van der Waals surface area contributed by atoms with E-state index in [1.807, 2.05) is 11.8 Å². The maximum atomic E-state index is 11.9. The van der Waals surface area contributed by atoms with Gasteiger partial charge in [0.1, 0.15) is 11.3 Å². The van der Waals surface area contributed by atoms with Crippen LogP contribution in [0.2, 0.25) is 0 Å². The molecule has 2 rings (SSSR count). The molecule has 0 spiro atoms. The maximum Gasteiger partial charge on any atom is 0.259 e. The van der Waals surface area contributed by atoms with Gasteiger partial charge in [-0.05, 0) is 12.8 Å². The summed E-state index contributed by atoms with van der Waals surface area (Å²) in [7, 11) is 0. The Balaban J connectivity index is 2.17. The van der Waals surface area contributed by atoms with Crippen LogP contribution >= 0.6 is 0 Å². The summed E-state index contributed by atoms with van der Waals surface area (Å²) in [5.41, 5.74) is 0.634. The highest BCUT2D eigenvalue weighted by atomic mass is 16.5. The molecule has 2 heterocycles. The Morgan fingerprint density at radius 2 is 2.29 bits per heavy atom. The lowest BCUT2D eigenvalue weighted by molar-refractivity contribution is 0.0790. The number of amides is 1. The molecule has 1 aliphatic heterocycles. The van der Waals surface area contributed by atoms with Crippen molar-refractivity contribution in [3.8, 4) is 0 Å². The lowest BCUT2D eigenvalue weighted by Crippen LogP contribution is -2.27. The van der Waals surface area contributed by atoms with Crippen LogP contribution in [0, 0.1) is 0 Å². The molecule has 76 valence electrons. The highest BCUT2D eigenvalue weighted by molar-refractivity contribution is 5.95. The molecule has 0 aliphatic carbocycles. The molecule has 1 aromatic rings. The van der Waals surface area contributed by atoms with Gasteiger partial charge in [-0.1, -0.05) is 12.1 Å². The van der Waals surface area contributed by atoms with Crippen molar-refractivity contribution in [1.82, 2.24) is 10.1 Å². The summed E-state index contributed by atoms with van der Waals surface area (Å²) in [6.07, 6.45) is 4.46. The van der Waals surface area contributed by atoms with E-state index >= 15 is 0 Å². The van der Waals surface area contributed by atoms with Gasteiger partial charge >= 0.3 is 0 Å². The molecule has 4 nitrogen and oxygen atoms in total. The Labute approximate surface area is 82.9 Å². The van der Waals surface area contributed by atoms with E-state index in [-0.39, 0.29) is 5.91 Å². The number of rotatable bonds is 2. The summed E-state index contributed by atoms with van der Waals surface area (Å²) in [4.78, 5) is 13.8. The van der Waals surface area contributed by atoms with E-state index < -0.39 is 0 Å². The fraction of sp³-hybridized carbons (Fsp3) is 0.600. The number of likely N-dealkylation sites (tertiary alicyclic amines) is 1. The van der Waals surface area contributed by atoms with Crippen molar-refractivity contribution in [1.29, 1.82) is 0 Å². The Kier molecular flexibility index (Phi) is 2.52. The first-order valence-corrected chi connectivity index (χ1v) is 5.05. The minimum Gasteiger partial charge on any atom is -0.361 e. The number of aryl methyl sites for hydroxylation is 1. The van der Waals surface area contributed by atoms with E-state index in [1.165, 1.54) is 6.20 Å². The van der Waals surface area contributed by atoms with Crippen LogP contribution in [0.15, 0.2) is 10.7 Å². The molecule has 1 aliphatic rings. The number of carbonyl (C=O) groups excluding carboxylic acids is 1. The molecule has 1 amide bonds. The molecule has 4 heteroatoms. The van der Waals surface area contributed by atoms with Crippen LogP contribution in [-0.2, 0) is 6.42 Å². The van der Waals surface area contributed by atoms with Gasteiger partial charge in [0.25, 0.3) is 5.91 Å². The average molecular weight is 194 g/mol. The lowest BCUT2D eigenvalue weighted by atomic mass is 10.2. The Morgan fingerprint density at radius 3 is 2.93 bits per heavy atom. The predicted molar refractivity (Wildman–Crippen MR) is 51.0 cm³/mol. The zero-order valence-electron chi connectivity index (χ0n) is 8.32. The normalized spacial score (nSPS) is 16.2. The van der Waals surface area contributed by atoms with E-state index in [1.54, 1.807) is 0 Å². The van der Waals surface area contributed by atoms with Gasteiger partial charge in [-0.25, -0.2) is 0 Å². The van der Waals surface area contributed by atoms with Crippen molar-refractivity contribution in [3.05, 3.63) is 17.5 Å². The van der Waals surface area contributed by atoms with Gasteiger partial charge < -0.3 is 9.42 Å². The summed E-state index contributed by atoms with van der Waals surface area (Å²) < 4.78 is 5.00. The third-order valence-electron chi connectivity index (χ3n) is 2.59. The second-order valence-electron chi connectivity index (χ2n) is 3.52. The smallest absolute Gasteiger partial charge is 0.259 e. The lowest BCUT2D eigenvalue weighted by Gasteiger charge is -2.13. The molecule has 0 N–H and O–H groups in total. The van der Waals surface area contributed by atoms with Crippen LogP contribution in [-0.4, -0.2) is 29.1 Å². The van der Waals surface area contributed by atoms with E-state index in [0.717, 1.165) is 32.4 Å². The number of hydrogen-bond acceptors (Lipinski definition) is 3. The Bertz CT molecular complexity index is 327. The number of nitrogens with zero attached hydrogens (tertiary/aromatic N) is 2. The average Bonchev–Trinajstić information content (AvgIpc) is 2.87. The van der Waals surface area contributed by atoms with Crippen LogP contribution in [0.1, 0.15) is 35.9 Å². The molecule has 0 atom stereocenters. The predicted octanol–water partition coefficient (Wildman–Crippen LogP) is 1.47. The molecular weight excluding hydrogens is 180 g/mol. The molecule has 14 heavy (non-hydrogen) atoms. The second-order valence-corrected chi connectivity index (χ2v) is 3.52. The van der Waals surface area contributed by atoms with Crippen LogP contribution < -0.4 is 0 Å². The number of carbonyl (C=O) groups is 1. The zero-order valence-corrected chi connectivity index (χ0v) is 8.32. The largest absolute Gasteiger partial charge is 0.361 e. The summed E-state index contributed by atoms with van der Waals surface area (Å²) >= 11 is 0. The van der Waals surface area contributed by atoms with Crippen molar-refractivity contribution < 1.29 is 9.32 Å². The highest BCUT2D eigenvalue weighted by Crippen LogP contribution is 2.16. The quantitative estimate of drug-likeness (QED) is 0.716. The maximum absolute atomic E-state index is 11.9. The van der Waals surface area contributed by atoms with Gasteiger partial charge in [0.2, 0.25) is 0 Å². The molecule has 1 aromatic heterocycles. The van der Waals surface area contributed by atoms with Gasteiger partial charge in [-0.3, -0.25) is 4.79 Å². The summed E-state index contributed by atoms with van der Waals surface area (Å²) in [5.74, 6) is 0.766. The van der Waals surface area contributed by atoms with Crippen LogP contribution in [0.5, 0.6) is 0 Å². The minimum absolute atomic E-state index is 0.0700. The Morgan fingerprint density at radius 1 is 1.57 bits per heavy atom. The first-order valence-electron chi connectivity index (χ1n) is 5.05. The van der Waals surface area contributed by atoms with Crippen LogP contribution in [0.4, 0.5) is 0 Å². The van der Waals surface area contributed by atoms with Crippen LogP contribution in [0.25, 0.3) is 0 Å². The van der Waals surface area contributed by atoms with E-state index in [0.29, 0.717) is 11.3 Å². The number of hydrogen-bond donors (Lipinski definition) is 0. The highest BCUT2D eigenvalue weighted by Gasteiger charge is 2.23. The van der Waals surface area contributed by atoms with E-state index in [9.17, 15) is 4.79 Å². The third kappa shape index (κ3) is 1.52. The SMILES string of the molecule is CCc1oncc1C(=O)N1CCCC1. The molecular formula is C10H14N2O2. The molecule has 1 saturated heterocycles. The minimum atomic E-state index is 0.0700. The van der Waals surface area contributed by atoms with Gasteiger partial charge in [0, 0.05) is 19.5 Å². The summed E-state index contributed by atoms with van der Waals surface area (Å²) in [6, 6.07) is 0. The van der Waals surface area contributed by atoms with Crippen LogP contribution in [0.3, 0.4) is 0 Å². The van der Waals surface area contributed by atoms with Crippen molar-refractivity contribution in [2.75, 3.05) is 13.1 Å². The molecule has 0 bridgehead atoms. The van der Waals surface area contributed by atoms with Gasteiger partial charge in [-0.15, -0.1) is 0 Å². The summed E-state index contributed by atoms with van der Waals surface area (Å²) in [6.45, 7) is 3.70. The molecule has 0 aromatic carbocycles. The molecule has 0 saturated carbocycles. The topological polar surface area (TPSA) is 46.3 Å². The first-order chi connectivity index (χ1) is 6.83. The fourth-order valence-electron chi connectivity index (χ4n) is 1.78. The van der Waals surface area contributed by atoms with Crippen molar-refractivity contribution >= 4 is 5.91 Å². The number of aromatic nitrogens is 1. The van der Waals surface area contributed by atoms with Gasteiger partial charge in [0.05, 0.1) is 6.20 Å². The molecule has 1 fully saturated rings. The molecule has 0 radical (unpaired) electrons. The van der Waals surface area contributed by atoms with E-state index in [4.69, 9.17) is 4.52 Å². The third-order valence-corrected chi connectivity index (χ3v) is 2.59. The van der Waals surface area contributed by atoms with Crippen molar-refractivity contribution in [2.45, 2.75) is 26.2 Å². The second kappa shape index (κ2) is 3.82. The molecule has 0 unspecified atom stereocenters. The zero-order chi connectivity index (χ0) is 9.97. The first kappa shape index (κ1) is 9.24. The van der Waals surface area contributed by atoms with Gasteiger partial charge in [0.15, 0.2) is 0 Å². The van der Waals surface area contributed by atoms with E-state index in [2.05, 4.69) is 5.16 Å². The van der Waals surface area contributed by atoms with Crippen molar-refractivity contribution in [2.24, 2.45) is 0 Å². The summed E-state index contributed by atoms with van der Waals surface area (Å²) in [5, 5.41) is 3.66. The Hall–Kier alpha value is -1.32. The monoisotopic (exact) mass is 194 g/mol.